The van der Waals surface area contributed by atoms with Crippen molar-refractivity contribution in [3.63, 3.8) is 0 Å². The number of hydrogen-bond donors (Lipinski definition) is 2. The third-order valence-corrected chi connectivity index (χ3v) is 2.60. The van der Waals surface area contributed by atoms with Crippen molar-refractivity contribution in [2.24, 2.45) is 5.73 Å². The first-order chi connectivity index (χ1) is 7.38. The van der Waals surface area contributed by atoms with Crippen molar-refractivity contribution in [2.75, 3.05) is 11.9 Å². The minimum absolute atomic E-state index is 0.684. The standard InChI is InChI=1S/C10H12N4S/c11-6-5-8-1-3-9(4-2-8)13-10-14-12-7-15-10/h1-4,7H,5-6,11H2,(H,13,14). The molecule has 1 aromatic carbocycles. The maximum Gasteiger partial charge on any atom is 0.209 e. The SMILES string of the molecule is NCCc1ccc(Nc2nncs2)cc1. The molecule has 1 aromatic heterocycles. The van der Waals surface area contributed by atoms with Gasteiger partial charge in [0.05, 0.1) is 0 Å². The van der Waals surface area contributed by atoms with Crippen molar-refractivity contribution >= 4 is 22.2 Å². The van der Waals surface area contributed by atoms with Gasteiger partial charge in [-0.1, -0.05) is 23.5 Å². The molecular formula is C10H12N4S. The lowest BCUT2D eigenvalue weighted by Gasteiger charge is -2.03. The van der Waals surface area contributed by atoms with Gasteiger partial charge in [0.1, 0.15) is 5.51 Å². The fourth-order valence-electron chi connectivity index (χ4n) is 1.27. The first-order valence-corrected chi connectivity index (χ1v) is 5.58. The number of aromatic nitrogens is 2. The van der Waals surface area contributed by atoms with Crippen molar-refractivity contribution in [2.45, 2.75) is 6.42 Å². The van der Waals surface area contributed by atoms with E-state index in [1.165, 1.54) is 16.9 Å². The fraction of sp³-hybridized carbons (Fsp3) is 0.200. The Morgan fingerprint density at radius 3 is 2.67 bits per heavy atom. The molecule has 15 heavy (non-hydrogen) atoms. The van der Waals surface area contributed by atoms with E-state index in [9.17, 15) is 0 Å². The van der Waals surface area contributed by atoms with Crippen molar-refractivity contribution < 1.29 is 0 Å². The van der Waals surface area contributed by atoms with Crippen molar-refractivity contribution in [1.29, 1.82) is 0 Å². The Kier molecular flexibility index (Phi) is 3.26. The molecule has 0 aliphatic rings. The van der Waals surface area contributed by atoms with E-state index in [0.717, 1.165) is 17.2 Å². The van der Waals surface area contributed by atoms with Gasteiger partial charge in [-0.3, -0.25) is 0 Å². The fourth-order valence-corrected chi connectivity index (χ4v) is 1.74. The molecule has 2 rings (SSSR count). The van der Waals surface area contributed by atoms with Crippen molar-refractivity contribution in [3.8, 4) is 0 Å². The van der Waals surface area contributed by atoms with Crippen molar-refractivity contribution in [3.05, 3.63) is 35.3 Å². The van der Waals surface area contributed by atoms with Crippen LogP contribution in [0.25, 0.3) is 0 Å². The monoisotopic (exact) mass is 220 g/mol. The van der Waals surface area contributed by atoms with Crippen LogP contribution in [0.1, 0.15) is 5.56 Å². The molecule has 4 nitrogen and oxygen atoms in total. The number of benzene rings is 1. The van der Waals surface area contributed by atoms with Crippen LogP contribution in [0, 0.1) is 0 Å². The van der Waals surface area contributed by atoms with E-state index in [4.69, 9.17) is 5.73 Å². The summed E-state index contributed by atoms with van der Waals surface area (Å²) < 4.78 is 0. The van der Waals surface area contributed by atoms with Gasteiger partial charge in [-0.2, -0.15) is 0 Å². The second-order valence-electron chi connectivity index (χ2n) is 3.10. The number of nitrogens with one attached hydrogen (secondary N) is 1. The molecule has 0 atom stereocenters. The molecule has 5 heteroatoms. The molecule has 0 amide bonds. The summed E-state index contributed by atoms with van der Waals surface area (Å²) in [6, 6.07) is 8.17. The van der Waals surface area contributed by atoms with Gasteiger partial charge in [-0.15, -0.1) is 10.2 Å². The third kappa shape index (κ3) is 2.74. The number of anilines is 2. The molecule has 0 saturated heterocycles. The quantitative estimate of drug-likeness (QED) is 0.824. The highest BCUT2D eigenvalue weighted by Crippen LogP contribution is 2.17. The zero-order valence-electron chi connectivity index (χ0n) is 8.18. The lowest BCUT2D eigenvalue weighted by atomic mass is 10.1. The van der Waals surface area contributed by atoms with Crippen LogP contribution < -0.4 is 11.1 Å². The summed E-state index contributed by atoms with van der Waals surface area (Å²) in [5.74, 6) is 0. The highest BCUT2D eigenvalue weighted by Gasteiger charge is 1.97. The molecule has 0 radical (unpaired) electrons. The lowest BCUT2D eigenvalue weighted by molar-refractivity contribution is 0.969. The zero-order valence-corrected chi connectivity index (χ0v) is 9.00. The Morgan fingerprint density at radius 2 is 2.07 bits per heavy atom. The number of hydrogen-bond acceptors (Lipinski definition) is 5. The second kappa shape index (κ2) is 4.86. The predicted molar refractivity (Wildman–Crippen MR) is 62.4 cm³/mol. The summed E-state index contributed by atoms with van der Waals surface area (Å²) in [7, 11) is 0. The minimum atomic E-state index is 0.684. The molecule has 0 aliphatic carbocycles. The van der Waals surface area contributed by atoms with Crippen LogP contribution >= 0.6 is 11.3 Å². The predicted octanol–water partition coefficient (Wildman–Crippen LogP) is 1.78. The van der Waals surface area contributed by atoms with Gasteiger partial charge in [0, 0.05) is 5.69 Å². The molecule has 0 fully saturated rings. The van der Waals surface area contributed by atoms with Gasteiger partial charge in [-0.05, 0) is 30.7 Å². The van der Waals surface area contributed by atoms with Crippen LogP contribution in [-0.4, -0.2) is 16.7 Å². The number of nitrogens with two attached hydrogens (primary N) is 1. The molecule has 0 saturated carbocycles. The van der Waals surface area contributed by atoms with Crippen LogP contribution in [-0.2, 0) is 6.42 Å². The molecule has 0 unspecified atom stereocenters. The van der Waals surface area contributed by atoms with E-state index in [1.54, 1.807) is 5.51 Å². The van der Waals surface area contributed by atoms with Gasteiger partial charge >= 0.3 is 0 Å². The molecule has 0 spiro atoms. The average Bonchev–Trinajstić information content (AvgIpc) is 2.74. The third-order valence-electron chi connectivity index (χ3n) is 2.00. The summed E-state index contributed by atoms with van der Waals surface area (Å²) in [6.45, 7) is 0.684. The Morgan fingerprint density at radius 1 is 1.27 bits per heavy atom. The second-order valence-corrected chi connectivity index (χ2v) is 3.94. The van der Waals surface area contributed by atoms with Gasteiger partial charge in [0.2, 0.25) is 5.13 Å². The maximum absolute atomic E-state index is 5.48. The highest BCUT2D eigenvalue weighted by molar-refractivity contribution is 7.13. The van der Waals surface area contributed by atoms with E-state index in [0.29, 0.717) is 6.54 Å². The van der Waals surface area contributed by atoms with Gasteiger partial charge in [0.15, 0.2) is 0 Å². The summed E-state index contributed by atoms with van der Waals surface area (Å²) in [6.07, 6.45) is 0.916. The van der Waals surface area contributed by atoms with Crippen LogP contribution in [0.4, 0.5) is 10.8 Å². The first kappa shape index (κ1) is 10.1. The molecule has 78 valence electrons. The minimum Gasteiger partial charge on any atom is -0.330 e. The summed E-state index contributed by atoms with van der Waals surface area (Å²) >= 11 is 1.48. The van der Waals surface area contributed by atoms with E-state index in [2.05, 4.69) is 27.6 Å². The highest BCUT2D eigenvalue weighted by atomic mass is 32.1. The molecule has 2 aromatic rings. The average molecular weight is 220 g/mol. The van der Waals surface area contributed by atoms with E-state index in [1.807, 2.05) is 12.1 Å². The van der Waals surface area contributed by atoms with Gasteiger partial charge < -0.3 is 11.1 Å². The molecule has 1 heterocycles. The number of nitrogens with zero attached hydrogens (tertiary/aromatic N) is 2. The molecule has 0 bridgehead atoms. The van der Waals surface area contributed by atoms with Crippen LogP contribution in [0.2, 0.25) is 0 Å². The van der Waals surface area contributed by atoms with Crippen molar-refractivity contribution in [1.82, 2.24) is 10.2 Å². The smallest absolute Gasteiger partial charge is 0.209 e. The molecule has 3 N–H and O–H groups in total. The number of rotatable bonds is 4. The molecule has 0 aliphatic heterocycles. The summed E-state index contributed by atoms with van der Waals surface area (Å²) in [4.78, 5) is 0. The van der Waals surface area contributed by atoms with E-state index >= 15 is 0 Å². The van der Waals surface area contributed by atoms with Crippen LogP contribution in [0.15, 0.2) is 29.8 Å². The largest absolute Gasteiger partial charge is 0.330 e. The lowest BCUT2D eigenvalue weighted by Crippen LogP contribution is -2.02. The molecular weight excluding hydrogens is 208 g/mol. The Balaban J connectivity index is 2.04. The van der Waals surface area contributed by atoms with E-state index in [-0.39, 0.29) is 0 Å². The Bertz CT molecular complexity index is 396. The zero-order chi connectivity index (χ0) is 10.5. The normalized spacial score (nSPS) is 10.2. The topological polar surface area (TPSA) is 63.8 Å². The van der Waals surface area contributed by atoms with Crippen LogP contribution in [0.3, 0.4) is 0 Å². The maximum atomic E-state index is 5.48. The summed E-state index contributed by atoms with van der Waals surface area (Å²) in [5, 5.41) is 11.6. The van der Waals surface area contributed by atoms with Crippen LogP contribution in [0.5, 0.6) is 0 Å². The van der Waals surface area contributed by atoms with Gasteiger partial charge in [-0.25, -0.2) is 0 Å². The van der Waals surface area contributed by atoms with Gasteiger partial charge in [0.25, 0.3) is 0 Å². The first-order valence-electron chi connectivity index (χ1n) is 4.70. The van der Waals surface area contributed by atoms with E-state index < -0.39 is 0 Å². The Labute approximate surface area is 92.2 Å². The Hall–Kier alpha value is -1.46. The summed E-state index contributed by atoms with van der Waals surface area (Å²) in [5.41, 5.74) is 9.45.